The van der Waals surface area contributed by atoms with Gasteiger partial charge in [-0.1, -0.05) is 25.1 Å². The molecule has 19 heavy (non-hydrogen) atoms. The summed E-state index contributed by atoms with van der Waals surface area (Å²) in [6, 6.07) is 8.72. The standard InChI is InChI=1S/C16H24N2O/c1-5-12(11-19)16(17(2)3)14-10-18(4)15-9-7-6-8-13(14)15/h6-10,12,16,19H,5,11H2,1-4H3. The van der Waals surface area contributed by atoms with Crippen LogP contribution < -0.4 is 0 Å². The van der Waals surface area contributed by atoms with Crippen molar-refractivity contribution in [2.75, 3.05) is 20.7 Å². The molecule has 0 aliphatic heterocycles. The molecule has 2 atom stereocenters. The van der Waals surface area contributed by atoms with Crippen molar-refractivity contribution in [2.45, 2.75) is 19.4 Å². The number of para-hydroxylation sites is 1. The van der Waals surface area contributed by atoms with E-state index >= 15 is 0 Å². The highest BCUT2D eigenvalue weighted by molar-refractivity contribution is 5.84. The fourth-order valence-corrected chi connectivity index (χ4v) is 3.01. The van der Waals surface area contributed by atoms with E-state index in [4.69, 9.17) is 0 Å². The Labute approximate surface area is 115 Å². The molecule has 1 aromatic heterocycles. The molecule has 0 aliphatic carbocycles. The van der Waals surface area contributed by atoms with Crippen LogP contribution in [0, 0.1) is 5.92 Å². The number of rotatable bonds is 5. The lowest BCUT2D eigenvalue weighted by atomic mass is 9.90. The predicted molar refractivity (Wildman–Crippen MR) is 80.2 cm³/mol. The maximum absolute atomic E-state index is 9.65. The molecule has 0 fully saturated rings. The Bertz CT molecular complexity index is 541. The van der Waals surface area contributed by atoms with E-state index in [2.05, 4.69) is 68.0 Å². The van der Waals surface area contributed by atoms with Crippen LogP contribution in [-0.2, 0) is 7.05 Å². The molecule has 0 saturated heterocycles. The number of aliphatic hydroxyl groups excluding tert-OH is 1. The zero-order valence-corrected chi connectivity index (χ0v) is 12.3. The molecule has 1 aromatic carbocycles. The van der Waals surface area contributed by atoms with E-state index in [1.807, 2.05) is 0 Å². The van der Waals surface area contributed by atoms with Crippen molar-refractivity contribution in [2.24, 2.45) is 13.0 Å². The van der Waals surface area contributed by atoms with Gasteiger partial charge in [0.05, 0.1) is 0 Å². The second kappa shape index (κ2) is 5.76. The number of fused-ring (bicyclic) bond motifs is 1. The zero-order valence-electron chi connectivity index (χ0n) is 12.3. The van der Waals surface area contributed by atoms with Gasteiger partial charge in [-0.05, 0) is 32.1 Å². The van der Waals surface area contributed by atoms with Gasteiger partial charge in [0.2, 0.25) is 0 Å². The summed E-state index contributed by atoms with van der Waals surface area (Å²) >= 11 is 0. The lowest BCUT2D eigenvalue weighted by Gasteiger charge is -2.30. The minimum absolute atomic E-state index is 0.225. The summed E-state index contributed by atoms with van der Waals surface area (Å²) in [5, 5.41) is 10.9. The van der Waals surface area contributed by atoms with Gasteiger partial charge in [-0.25, -0.2) is 0 Å². The topological polar surface area (TPSA) is 28.4 Å². The lowest BCUT2D eigenvalue weighted by molar-refractivity contribution is 0.131. The number of aliphatic hydroxyl groups is 1. The number of benzene rings is 1. The van der Waals surface area contributed by atoms with Gasteiger partial charge in [0.1, 0.15) is 0 Å². The summed E-state index contributed by atoms with van der Waals surface area (Å²) in [4.78, 5) is 2.21. The van der Waals surface area contributed by atoms with Crippen LogP contribution in [0.1, 0.15) is 24.9 Å². The molecule has 0 aliphatic rings. The Kier molecular flexibility index (Phi) is 4.27. The van der Waals surface area contributed by atoms with Crippen molar-refractivity contribution >= 4 is 10.9 Å². The molecule has 0 spiro atoms. The minimum atomic E-state index is 0.225. The van der Waals surface area contributed by atoms with E-state index < -0.39 is 0 Å². The molecule has 2 rings (SSSR count). The molecule has 0 bridgehead atoms. The van der Waals surface area contributed by atoms with Crippen LogP contribution in [0.4, 0.5) is 0 Å². The first-order valence-electron chi connectivity index (χ1n) is 6.91. The molecular weight excluding hydrogens is 236 g/mol. The van der Waals surface area contributed by atoms with Crippen LogP contribution in [0.15, 0.2) is 30.5 Å². The first-order valence-corrected chi connectivity index (χ1v) is 6.91. The van der Waals surface area contributed by atoms with E-state index in [0.29, 0.717) is 0 Å². The Morgan fingerprint density at radius 2 is 1.95 bits per heavy atom. The average Bonchev–Trinajstić information content (AvgIpc) is 2.73. The van der Waals surface area contributed by atoms with Crippen molar-refractivity contribution in [3.63, 3.8) is 0 Å². The molecular formula is C16H24N2O. The quantitative estimate of drug-likeness (QED) is 0.895. The second-order valence-electron chi connectivity index (χ2n) is 5.47. The largest absolute Gasteiger partial charge is 0.396 e. The SMILES string of the molecule is CCC(CO)C(c1cn(C)c2ccccc12)N(C)C. The second-order valence-corrected chi connectivity index (χ2v) is 5.47. The Hall–Kier alpha value is -1.32. The van der Waals surface area contributed by atoms with Crippen LogP contribution in [0.2, 0.25) is 0 Å². The van der Waals surface area contributed by atoms with E-state index in [-0.39, 0.29) is 18.6 Å². The van der Waals surface area contributed by atoms with Gasteiger partial charge in [0.15, 0.2) is 0 Å². The maximum atomic E-state index is 9.65. The fraction of sp³-hybridized carbons (Fsp3) is 0.500. The predicted octanol–water partition coefficient (Wildman–Crippen LogP) is 2.80. The van der Waals surface area contributed by atoms with Crippen molar-refractivity contribution in [1.29, 1.82) is 0 Å². The first-order chi connectivity index (χ1) is 9.10. The maximum Gasteiger partial charge on any atom is 0.0481 e. The molecule has 1 N–H and O–H groups in total. The van der Waals surface area contributed by atoms with Gasteiger partial charge in [-0.15, -0.1) is 0 Å². The summed E-state index contributed by atoms with van der Waals surface area (Å²) in [6.45, 7) is 2.37. The Balaban J connectivity index is 2.56. The van der Waals surface area contributed by atoms with Gasteiger partial charge in [-0.3, -0.25) is 0 Å². The third kappa shape index (κ3) is 2.53. The highest BCUT2D eigenvalue weighted by Crippen LogP contribution is 2.34. The molecule has 0 radical (unpaired) electrons. The van der Waals surface area contributed by atoms with Crippen molar-refractivity contribution in [3.8, 4) is 0 Å². The highest BCUT2D eigenvalue weighted by Gasteiger charge is 2.26. The summed E-state index contributed by atoms with van der Waals surface area (Å²) in [5.41, 5.74) is 2.56. The van der Waals surface area contributed by atoms with Crippen LogP contribution in [0.25, 0.3) is 10.9 Å². The Morgan fingerprint density at radius 3 is 2.53 bits per heavy atom. The molecule has 1 heterocycles. The summed E-state index contributed by atoms with van der Waals surface area (Å²) < 4.78 is 2.17. The molecule has 2 aromatic rings. The fourth-order valence-electron chi connectivity index (χ4n) is 3.01. The third-order valence-electron chi connectivity index (χ3n) is 4.01. The van der Waals surface area contributed by atoms with E-state index in [1.165, 1.54) is 16.5 Å². The normalized spacial score (nSPS) is 15.1. The average molecular weight is 260 g/mol. The van der Waals surface area contributed by atoms with E-state index in [9.17, 15) is 5.11 Å². The number of aromatic nitrogens is 1. The van der Waals surface area contributed by atoms with Crippen molar-refractivity contribution in [3.05, 3.63) is 36.0 Å². The molecule has 104 valence electrons. The third-order valence-corrected chi connectivity index (χ3v) is 4.01. The molecule has 0 amide bonds. The van der Waals surface area contributed by atoms with Gasteiger partial charge >= 0.3 is 0 Å². The van der Waals surface area contributed by atoms with Crippen LogP contribution in [0.3, 0.4) is 0 Å². The molecule has 2 unspecified atom stereocenters. The van der Waals surface area contributed by atoms with Gasteiger partial charge < -0.3 is 14.6 Å². The molecule has 0 saturated carbocycles. The summed E-state index contributed by atoms with van der Waals surface area (Å²) in [7, 11) is 6.26. The number of nitrogens with zero attached hydrogens (tertiary/aromatic N) is 2. The molecule has 3 heteroatoms. The number of aryl methyl sites for hydroxylation is 1. The lowest BCUT2D eigenvalue weighted by Crippen LogP contribution is -2.29. The van der Waals surface area contributed by atoms with Gasteiger partial charge in [0, 0.05) is 42.7 Å². The van der Waals surface area contributed by atoms with Gasteiger partial charge in [-0.2, -0.15) is 0 Å². The minimum Gasteiger partial charge on any atom is -0.396 e. The van der Waals surface area contributed by atoms with Crippen LogP contribution >= 0.6 is 0 Å². The summed E-state index contributed by atoms with van der Waals surface area (Å²) in [6.07, 6.45) is 3.18. The van der Waals surface area contributed by atoms with E-state index in [0.717, 1.165) is 6.42 Å². The van der Waals surface area contributed by atoms with Crippen molar-refractivity contribution in [1.82, 2.24) is 9.47 Å². The van der Waals surface area contributed by atoms with Crippen molar-refractivity contribution < 1.29 is 5.11 Å². The first kappa shape index (κ1) is 14.1. The molecule has 3 nitrogen and oxygen atoms in total. The van der Waals surface area contributed by atoms with E-state index in [1.54, 1.807) is 0 Å². The smallest absolute Gasteiger partial charge is 0.0481 e. The Morgan fingerprint density at radius 1 is 1.26 bits per heavy atom. The van der Waals surface area contributed by atoms with Crippen LogP contribution in [-0.4, -0.2) is 35.3 Å². The zero-order chi connectivity index (χ0) is 14.0. The number of hydrogen-bond acceptors (Lipinski definition) is 2. The number of hydrogen-bond donors (Lipinski definition) is 1. The monoisotopic (exact) mass is 260 g/mol. The highest BCUT2D eigenvalue weighted by atomic mass is 16.3. The van der Waals surface area contributed by atoms with Crippen LogP contribution in [0.5, 0.6) is 0 Å². The van der Waals surface area contributed by atoms with Gasteiger partial charge in [0.25, 0.3) is 0 Å². The summed E-state index contributed by atoms with van der Waals surface area (Å²) in [5.74, 6) is 0.265.